The van der Waals surface area contributed by atoms with Crippen LogP contribution in [0.5, 0.6) is 0 Å². The first-order valence-corrected chi connectivity index (χ1v) is 9.77. The van der Waals surface area contributed by atoms with Crippen LogP contribution in [0.3, 0.4) is 0 Å². The molecule has 6 heteroatoms. The van der Waals surface area contributed by atoms with Crippen molar-refractivity contribution in [3.8, 4) is 0 Å². The molecule has 6 nitrogen and oxygen atoms in total. The van der Waals surface area contributed by atoms with Crippen molar-refractivity contribution >= 4 is 5.96 Å². The number of imidazole rings is 1. The summed E-state index contributed by atoms with van der Waals surface area (Å²) in [5.41, 5.74) is 2.50. The van der Waals surface area contributed by atoms with Gasteiger partial charge >= 0.3 is 0 Å². The summed E-state index contributed by atoms with van der Waals surface area (Å²) in [6.45, 7) is 9.43. The van der Waals surface area contributed by atoms with Crippen molar-refractivity contribution in [3.05, 3.63) is 53.6 Å². The number of nitrogens with one attached hydrogen (secondary N) is 1. The van der Waals surface area contributed by atoms with Crippen molar-refractivity contribution in [2.24, 2.45) is 10.9 Å². The summed E-state index contributed by atoms with van der Waals surface area (Å²) >= 11 is 0. The predicted molar refractivity (Wildman–Crippen MR) is 109 cm³/mol. The zero-order chi connectivity index (χ0) is 19.1. The Balaban J connectivity index is 1.65. The summed E-state index contributed by atoms with van der Waals surface area (Å²) < 4.78 is 7.47. The van der Waals surface area contributed by atoms with Gasteiger partial charge < -0.3 is 19.5 Å². The minimum Gasteiger partial charge on any atom is -0.384 e. The lowest BCUT2D eigenvalue weighted by Gasteiger charge is -2.21. The molecule has 1 fully saturated rings. The van der Waals surface area contributed by atoms with E-state index in [9.17, 15) is 0 Å². The molecule has 1 atom stereocenters. The Morgan fingerprint density at radius 1 is 1.37 bits per heavy atom. The number of aliphatic imine (C=N–C) groups is 1. The summed E-state index contributed by atoms with van der Waals surface area (Å²) in [4.78, 5) is 11.5. The second kappa shape index (κ2) is 9.55. The van der Waals surface area contributed by atoms with Crippen molar-refractivity contribution in [1.29, 1.82) is 0 Å². The fourth-order valence-corrected chi connectivity index (χ4v) is 3.58. The summed E-state index contributed by atoms with van der Waals surface area (Å²) in [5.74, 6) is 2.64. The molecule has 0 bridgehead atoms. The van der Waals surface area contributed by atoms with Gasteiger partial charge in [-0.1, -0.05) is 24.3 Å². The molecule has 0 aliphatic carbocycles. The summed E-state index contributed by atoms with van der Waals surface area (Å²) in [6.07, 6.45) is 5.03. The van der Waals surface area contributed by atoms with E-state index in [1.807, 2.05) is 19.3 Å². The van der Waals surface area contributed by atoms with Crippen molar-refractivity contribution in [3.63, 3.8) is 0 Å². The molecule has 2 aromatic rings. The van der Waals surface area contributed by atoms with E-state index in [1.54, 1.807) is 7.11 Å². The van der Waals surface area contributed by atoms with Crippen molar-refractivity contribution in [2.45, 2.75) is 33.4 Å². The lowest BCUT2D eigenvalue weighted by Crippen LogP contribution is -2.40. The number of nitrogens with zero attached hydrogens (tertiary/aromatic N) is 4. The Morgan fingerprint density at radius 2 is 2.22 bits per heavy atom. The van der Waals surface area contributed by atoms with Crippen LogP contribution >= 0.6 is 0 Å². The van der Waals surface area contributed by atoms with Crippen molar-refractivity contribution in [1.82, 2.24) is 19.8 Å². The highest BCUT2D eigenvalue weighted by Crippen LogP contribution is 2.17. The van der Waals surface area contributed by atoms with E-state index in [0.29, 0.717) is 12.5 Å². The topological polar surface area (TPSA) is 54.7 Å². The van der Waals surface area contributed by atoms with Gasteiger partial charge in [0.05, 0.1) is 13.2 Å². The summed E-state index contributed by atoms with van der Waals surface area (Å²) in [7, 11) is 1.78. The maximum absolute atomic E-state index is 5.31. The Kier molecular flexibility index (Phi) is 6.87. The fraction of sp³-hybridized carbons (Fsp3) is 0.524. The molecule has 3 rings (SSSR count). The number of likely N-dealkylation sites (tertiary alicyclic amines) is 1. The van der Waals surface area contributed by atoms with Gasteiger partial charge in [-0.15, -0.1) is 0 Å². The Hall–Kier alpha value is -2.34. The second-order valence-corrected chi connectivity index (χ2v) is 7.15. The molecule has 146 valence electrons. The number of aromatic nitrogens is 2. The van der Waals surface area contributed by atoms with Gasteiger partial charge in [-0.25, -0.2) is 9.98 Å². The van der Waals surface area contributed by atoms with Crippen LogP contribution in [0.1, 0.15) is 30.3 Å². The first-order valence-electron chi connectivity index (χ1n) is 9.77. The van der Waals surface area contributed by atoms with E-state index in [1.165, 1.54) is 11.1 Å². The number of ether oxygens (including phenoxy) is 1. The number of aryl methyl sites for hydroxylation is 1. The number of guanidine groups is 1. The molecule has 0 spiro atoms. The normalized spacial score (nSPS) is 17.5. The third-order valence-corrected chi connectivity index (χ3v) is 5.00. The van der Waals surface area contributed by atoms with E-state index in [2.05, 4.69) is 51.0 Å². The molecule has 0 saturated carbocycles. The van der Waals surface area contributed by atoms with Crippen LogP contribution in [-0.2, 0) is 17.8 Å². The number of methoxy groups -OCH3 is 1. The number of hydrogen-bond acceptors (Lipinski definition) is 3. The molecule has 0 amide bonds. The third-order valence-electron chi connectivity index (χ3n) is 5.00. The minimum atomic E-state index is 0.598. The van der Waals surface area contributed by atoms with E-state index < -0.39 is 0 Å². The van der Waals surface area contributed by atoms with Crippen LogP contribution in [0, 0.1) is 12.8 Å². The van der Waals surface area contributed by atoms with Gasteiger partial charge in [0.15, 0.2) is 5.96 Å². The summed E-state index contributed by atoms with van der Waals surface area (Å²) in [6, 6.07) is 8.66. The zero-order valence-corrected chi connectivity index (χ0v) is 16.7. The molecule has 0 radical (unpaired) electrons. The van der Waals surface area contributed by atoms with E-state index >= 15 is 0 Å². The molecular formula is C21H31N5O. The van der Waals surface area contributed by atoms with Gasteiger partial charge in [0.25, 0.3) is 0 Å². The standard InChI is InChI=1S/C21H31N5O/c1-4-22-21(26-10-8-20(15-26)16-27-3)24-13-18-6-5-7-19(12-18)14-25-11-9-23-17(25)2/h5-7,9,11-12,20H,4,8,10,13-16H2,1-3H3,(H,22,24). The van der Waals surface area contributed by atoms with E-state index in [4.69, 9.17) is 9.73 Å². The molecular weight excluding hydrogens is 338 g/mol. The van der Waals surface area contributed by atoms with Crippen LogP contribution in [0.25, 0.3) is 0 Å². The van der Waals surface area contributed by atoms with E-state index in [-0.39, 0.29) is 0 Å². The first kappa shape index (κ1) is 19.4. The monoisotopic (exact) mass is 369 g/mol. The molecule has 1 N–H and O–H groups in total. The summed E-state index contributed by atoms with van der Waals surface area (Å²) in [5, 5.41) is 3.44. The average molecular weight is 370 g/mol. The molecule has 1 aromatic carbocycles. The van der Waals surface area contributed by atoms with Crippen LogP contribution < -0.4 is 5.32 Å². The Labute approximate surface area is 162 Å². The third kappa shape index (κ3) is 5.32. The maximum atomic E-state index is 5.31. The molecule has 1 aromatic heterocycles. The Morgan fingerprint density at radius 3 is 2.96 bits per heavy atom. The Bertz CT molecular complexity index is 755. The van der Waals surface area contributed by atoms with Gasteiger partial charge in [0.1, 0.15) is 5.82 Å². The first-order chi connectivity index (χ1) is 13.2. The minimum absolute atomic E-state index is 0.598. The zero-order valence-electron chi connectivity index (χ0n) is 16.7. The molecule has 1 unspecified atom stereocenters. The molecule has 1 saturated heterocycles. The predicted octanol–water partition coefficient (Wildman–Crippen LogP) is 2.67. The highest BCUT2D eigenvalue weighted by Gasteiger charge is 2.24. The lowest BCUT2D eigenvalue weighted by molar-refractivity contribution is 0.157. The maximum Gasteiger partial charge on any atom is 0.194 e. The molecule has 1 aliphatic heterocycles. The number of rotatable bonds is 7. The van der Waals surface area contributed by atoms with Gasteiger partial charge in [0, 0.05) is 51.6 Å². The highest BCUT2D eigenvalue weighted by atomic mass is 16.5. The van der Waals surface area contributed by atoms with Crippen LogP contribution in [0.15, 0.2) is 41.7 Å². The smallest absolute Gasteiger partial charge is 0.194 e. The van der Waals surface area contributed by atoms with Gasteiger partial charge in [-0.05, 0) is 31.4 Å². The van der Waals surface area contributed by atoms with E-state index in [0.717, 1.165) is 51.0 Å². The average Bonchev–Trinajstić information content (AvgIpc) is 3.29. The molecule has 27 heavy (non-hydrogen) atoms. The largest absolute Gasteiger partial charge is 0.384 e. The molecule has 1 aliphatic rings. The van der Waals surface area contributed by atoms with Crippen molar-refractivity contribution < 1.29 is 4.74 Å². The number of benzene rings is 1. The molecule has 2 heterocycles. The van der Waals surface area contributed by atoms with Gasteiger partial charge in [-0.2, -0.15) is 0 Å². The number of hydrogen-bond donors (Lipinski definition) is 1. The van der Waals surface area contributed by atoms with Crippen LogP contribution in [-0.4, -0.2) is 53.8 Å². The SMILES string of the molecule is CCNC(=NCc1cccc(Cn2ccnc2C)c1)N1CCC(COC)C1. The lowest BCUT2D eigenvalue weighted by atomic mass is 10.1. The fourth-order valence-electron chi connectivity index (χ4n) is 3.58. The second-order valence-electron chi connectivity index (χ2n) is 7.15. The van der Waals surface area contributed by atoms with Crippen LogP contribution in [0.4, 0.5) is 0 Å². The quantitative estimate of drug-likeness (QED) is 0.602. The van der Waals surface area contributed by atoms with Crippen molar-refractivity contribution in [2.75, 3.05) is 33.4 Å². The van der Waals surface area contributed by atoms with Gasteiger partial charge in [-0.3, -0.25) is 0 Å². The van der Waals surface area contributed by atoms with Crippen LogP contribution in [0.2, 0.25) is 0 Å². The van der Waals surface area contributed by atoms with Gasteiger partial charge in [0.2, 0.25) is 0 Å². The highest BCUT2D eigenvalue weighted by molar-refractivity contribution is 5.80.